The molecule has 0 rings (SSSR count). The first-order valence-corrected chi connectivity index (χ1v) is 5.03. The highest BCUT2D eigenvalue weighted by Crippen LogP contribution is 2.02. The lowest BCUT2D eigenvalue weighted by Gasteiger charge is -2.11. The van der Waals surface area contributed by atoms with Gasteiger partial charge in [0.25, 0.3) is 0 Å². The molecule has 0 aromatic heterocycles. The molecule has 74 valence electrons. The van der Waals surface area contributed by atoms with Gasteiger partial charge in [-0.05, 0) is 32.6 Å². The van der Waals surface area contributed by atoms with Crippen LogP contribution in [-0.4, -0.2) is 24.4 Å². The second kappa shape index (κ2) is 9.01. The molecule has 1 unspecified atom stereocenters. The molecule has 0 aromatic carbocycles. The number of hydrogen-bond donors (Lipinski definition) is 1. The summed E-state index contributed by atoms with van der Waals surface area (Å²) in [5.74, 6) is 0. The van der Waals surface area contributed by atoms with Crippen molar-refractivity contribution in [3.05, 3.63) is 0 Å². The predicted molar refractivity (Wildman–Crippen MR) is 51.3 cm³/mol. The van der Waals surface area contributed by atoms with Gasteiger partial charge in [0.15, 0.2) is 0 Å². The van der Waals surface area contributed by atoms with Crippen molar-refractivity contribution in [3.63, 3.8) is 0 Å². The molecule has 2 nitrogen and oxygen atoms in total. The second-order valence-electron chi connectivity index (χ2n) is 3.25. The molecule has 0 spiro atoms. The molecular weight excluding hydrogens is 152 g/mol. The largest absolute Gasteiger partial charge is 0.396 e. The van der Waals surface area contributed by atoms with E-state index in [1.54, 1.807) is 0 Å². The van der Waals surface area contributed by atoms with Crippen molar-refractivity contribution >= 4 is 0 Å². The van der Waals surface area contributed by atoms with Crippen molar-refractivity contribution in [1.82, 2.24) is 0 Å². The Morgan fingerprint density at radius 2 is 2.00 bits per heavy atom. The summed E-state index contributed by atoms with van der Waals surface area (Å²) in [6, 6.07) is 0. The molecule has 0 aliphatic rings. The molecule has 0 heterocycles. The number of rotatable bonds is 8. The van der Waals surface area contributed by atoms with Crippen LogP contribution in [0, 0.1) is 0 Å². The van der Waals surface area contributed by atoms with Gasteiger partial charge in [-0.1, -0.05) is 13.3 Å². The van der Waals surface area contributed by atoms with E-state index >= 15 is 0 Å². The fourth-order valence-corrected chi connectivity index (χ4v) is 1.17. The molecule has 0 saturated heterocycles. The van der Waals surface area contributed by atoms with E-state index in [2.05, 4.69) is 13.8 Å². The van der Waals surface area contributed by atoms with E-state index in [9.17, 15) is 0 Å². The summed E-state index contributed by atoms with van der Waals surface area (Å²) in [6.45, 7) is 5.45. The summed E-state index contributed by atoms with van der Waals surface area (Å²) >= 11 is 0. The van der Waals surface area contributed by atoms with E-state index in [1.807, 2.05) is 0 Å². The zero-order valence-electron chi connectivity index (χ0n) is 8.38. The Bertz CT molecular complexity index is 83.9. The Balaban J connectivity index is 2.97. The first-order valence-electron chi connectivity index (χ1n) is 5.03. The van der Waals surface area contributed by atoms with Crippen LogP contribution in [0.15, 0.2) is 0 Å². The van der Waals surface area contributed by atoms with Crippen molar-refractivity contribution in [2.24, 2.45) is 0 Å². The molecule has 12 heavy (non-hydrogen) atoms. The third-order valence-corrected chi connectivity index (χ3v) is 1.90. The number of hydrogen-bond acceptors (Lipinski definition) is 2. The van der Waals surface area contributed by atoms with Gasteiger partial charge in [-0.15, -0.1) is 0 Å². The molecule has 0 bridgehead atoms. The van der Waals surface area contributed by atoms with Gasteiger partial charge in [0.2, 0.25) is 0 Å². The van der Waals surface area contributed by atoms with Crippen LogP contribution in [0.25, 0.3) is 0 Å². The topological polar surface area (TPSA) is 29.5 Å². The average molecular weight is 174 g/mol. The summed E-state index contributed by atoms with van der Waals surface area (Å²) < 4.78 is 5.55. The van der Waals surface area contributed by atoms with Gasteiger partial charge in [0.1, 0.15) is 0 Å². The maximum atomic E-state index is 8.52. The molecule has 0 amide bonds. The van der Waals surface area contributed by atoms with Gasteiger partial charge >= 0.3 is 0 Å². The third-order valence-electron chi connectivity index (χ3n) is 1.90. The molecule has 0 aliphatic heterocycles. The van der Waals surface area contributed by atoms with Crippen LogP contribution in [0.2, 0.25) is 0 Å². The van der Waals surface area contributed by atoms with Gasteiger partial charge in [-0.3, -0.25) is 0 Å². The lowest BCUT2D eigenvalue weighted by molar-refractivity contribution is 0.0565. The van der Waals surface area contributed by atoms with Crippen LogP contribution in [0.4, 0.5) is 0 Å². The van der Waals surface area contributed by atoms with Crippen molar-refractivity contribution < 1.29 is 9.84 Å². The Kier molecular flexibility index (Phi) is 8.95. The van der Waals surface area contributed by atoms with Crippen LogP contribution in [0.3, 0.4) is 0 Å². The summed E-state index contributed by atoms with van der Waals surface area (Å²) in [6.07, 6.45) is 5.82. The van der Waals surface area contributed by atoms with Crippen molar-refractivity contribution in [2.75, 3.05) is 13.2 Å². The minimum atomic E-state index is 0.310. The maximum absolute atomic E-state index is 8.52. The average Bonchev–Trinajstić information content (AvgIpc) is 2.05. The van der Waals surface area contributed by atoms with E-state index in [0.717, 1.165) is 32.3 Å². The Morgan fingerprint density at radius 1 is 1.25 bits per heavy atom. The lowest BCUT2D eigenvalue weighted by Crippen LogP contribution is -2.08. The van der Waals surface area contributed by atoms with Gasteiger partial charge in [0, 0.05) is 13.2 Å². The first kappa shape index (κ1) is 11.9. The van der Waals surface area contributed by atoms with Crippen molar-refractivity contribution in [1.29, 1.82) is 0 Å². The van der Waals surface area contributed by atoms with E-state index in [-0.39, 0.29) is 0 Å². The van der Waals surface area contributed by atoms with Crippen molar-refractivity contribution in [2.45, 2.75) is 52.1 Å². The third kappa shape index (κ3) is 8.02. The Hall–Kier alpha value is -0.0800. The van der Waals surface area contributed by atoms with Crippen LogP contribution in [0.5, 0.6) is 0 Å². The van der Waals surface area contributed by atoms with Crippen LogP contribution in [0.1, 0.15) is 46.0 Å². The Morgan fingerprint density at radius 3 is 2.58 bits per heavy atom. The summed E-state index contributed by atoms with van der Waals surface area (Å²) in [7, 11) is 0. The van der Waals surface area contributed by atoms with Crippen molar-refractivity contribution in [3.8, 4) is 0 Å². The first-order chi connectivity index (χ1) is 5.81. The van der Waals surface area contributed by atoms with Gasteiger partial charge < -0.3 is 9.84 Å². The quantitative estimate of drug-likeness (QED) is 0.572. The molecule has 1 atom stereocenters. The highest BCUT2D eigenvalue weighted by atomic mass is 16.5. The molecule has 0 aromatic rings. The molecule has 0 fully saturated rings. The standard InChI is InChI=1S/C10H22O2/c1-3-7-10(2)12-9-6-4-5-8-11/h10-11H,3-9H2,1-2H3. The zero-order chi connectivity index (χ0) is 9.23. The summed E-state index contributed by atoms with van der Waals surface area (Å²) in [5.41, 5.74) is 0. The number of aliphatic hydroxyl groups is 1. The minimum Gasteiger partial charge on any atom is -0.396 e. The van der Waals surface area contributed by atoms with Crippen LogP contribution < -0.4 is 0 Å². The van der Waals surface area contributed by atoms with E-state index in [4.69, 9.17) is 9.84 Å². The molecule has 0 aliphatic carbocycles. The van der Waals surface area contributed by atoms with Gasteiger partial charge in [-0.2, -0.15) is 0 Å². The van der Waals surface area contributed by atoms with Crippen LogP contribution in [-0.2, 0) is 4.74 Å². The fourth-order valence-electron chi connectivity index (χ4n) is 1.17. The SMILES string of the molecule is CCCC(C)OCCCCCO. The number of ether oxygens (including phenoxy) is 1. The number of aliphatic hydroxyl groups excluding tert-OH is 1. The fraction of sp³-hybridized carbons (Fsp3) is 1.00. The van der Waals surface area contributed by atoms with E-state index < -0.39 is 0 Å². The molecule has 1 N–H and O–H groups in total. The normalized spacial score (nSPS) is 13.2. The van der Waals surface area contributed by atoms with Gasteiger partial charge in [0.05, 0.1) is 6.10 Å². The van der Waals surface area contributed by atoms with Crippen LogP contribution >= 0.6 is 0 Å². The Labute approximate surface area is 75.9 Å². The minimum absolute atomic E-state index is 0.310. The molecule has 0 radical (unpaired) electrons. The summed E-state index contributed by atoms with van der Waals surface area (Å²) in [4.78, 5) is 0. The smallest absolute Gasteiger partial charge is 0.0546 e. The monoisotopic (exact) mass is 174 g/mol. The van der Waals surface area contributed by atoms with Gasteiger partial charge in [-0.25, -0.2) is 0 Å². The lowest BCUT2D eigenvalue weighted by atomic mass is 10.2. The second-order valence-corrected chi connectivity index (χ2v) is 3.25. The van der Waals surface area contributed by atoms with E-state index in [0.29, 0.717) is 12.7 Å². The molecular formula is C10H22O2. The highest BCUT2D eigenvalue weighted by molar-refractivity contribution is 4.48. The molecule has 0 saturated carbocycles. The van der Waals surface area contributed by atoms with E-state index in [1.165, 1.54) is 6.42 Å². The summed E-state index contributed by atoms with van der Waals surface area (Å²) in [5, 5.41) is 8.52. The number of unbranched alkanes of at least 4 members (excludes halogenated alkanes) is 2. The molecule has 2 heteroatoms. The highest BCUT2D eigenvalue weighted by Gasteiger charge is 1.98. The predicted octanol–water partition coefficient (Wildman–Crippen LogP) is 2.35. The maximum Gasteiger partial charge on any atom is 0.0546 e. The zero-order valence-corrected chi connectivity index (χ0v) is 8.38.